The van der Waals surface area contributed by atoms with E-state index in [9.17, 15) is 9.59 Å². The molecular weight excluding hydrogens is 458 g/mol. The Balaban J connectivity index is 1.27. The molecule has 1 saturated carbocycles. The highest BCUT2D eigenvalue weighted by molar-refractivity contribution is 6.08. The van der Waals surface area contributed by atoms with Gasteiger partial charge in [-0.1, -0.05) is 6.92 Å². The van der Waals surface area contributed by atoms with Crippen LogP contribution in [0.15, 0.2) is 42.9 Å². The Labute approximate surface area is 208 Å². The Bertz CT molecular complexity index is 1490. The van der Waals surface area contributed by atoms with E-state index in [4.69, 9.17) is 9.84 Å². The number of likely N-dealkylation sites (tertiary alicyclic amines) is 1. The Morgan fingerprint density at radius 2 is 2.14 bits per heavy atom. The van der Waals surface area contributed by atoms with Crippen molar-refractivity contribution in [1.29, 1.82) is 0 Å². The quantitative estimate of drug-likeness (QED) is 0.471. The number of aromatic nitrogens is 5. The molecule has 3 aromatic heterocycles. The summed E-state index contributed by atoms with van der Waals surface area (Å²) in [6.45, 7) is 2.25. The van der Waals surface area contributed by atoms with E-state index in [2.05, 4.69) is 22.3 Å². The van der Waals surface area contributed by atoms with Gasteiger partial charge in [-0.05, 0) is 49.8 Å². The zero-order valence-electron chi connectivity index (χ0n) is 20.6. The highest BCUT2D eigenvalue weighted by atomic mass is 16.5. The molecule has 4 heterocycles. The molecule has 1 saturated heterocycles. The molecule has 4 aromatic rings. The summed E-state index contributed by atoms with van der Waals surface area (Å²) in [7, 11) is 3.50. The van der Waals surface area contributed by atoms with Crippen molar-refractivity contribution in [2.45, 2.75) is 50.6 Å². The van der Waals surface area contributed by atoms with Gasteiger partial charge in [-0.3, -0.25) is 14.3 Å². The van der Waals surface area contributed by atoms with Gasteiger partial charge in [0.15, 0.2) is 11.5 Å². The second-order valence-electron chi connectivity index (χ2n) is 10.1. The van der Waals surface area contributed by atoms with Gasteiger partial charge in [0.1, 0.15) is 5.75 Å². The molecule has 2 fully saturated rings. The highest BCUT2D eigenvalue weighted by Gasteiger charge is 2.47. The van der Waals surface area contributed by atoms with Gasteiger partial charge >= 0.3 is 0 Å². The molecule has 0 unspecified atom stereocenters. The van der Waals surface area contributed by atoms with E-state index in [1.807, 2.05) is 41.0 Å². The third kappa shape index (κ3) is 3.51. The zero-order chi connectivity index (χ0) is 25.0. The summed E-state index contributed by atoms with van der Waals surface area (Å²) in [5, 5.41) is 12.9. The fraction of sp³-hybridized carbons (Fsp3) is 0.423. The molecule has 1 N–H and O–H groups in total. The maximum absolute atomic E-state index is 13.2. The molecule has 1 aromatic carbocycles. The molecule has 2 aliphatic rings. The molecule has 1 spiro atoms. The highest BCUT2D eigenvalue weighted by Crippen LogP contribution is 2.47. The van der Waals surface area contributed by atoms with Crippen molar-refractivity contribution < 1.29 is 14.3 Å². The fourth-order valence-electron chi connectivity index (χ4n) is 6.09. The lowest BCUT2D eigenvalue weighted by Crippen LogP contribution is -2.48. The van der Waals surface area contributed by atoms with Gasteiger partial charge < -0.3 is 15.0 Å². The molecule has 3 atom stereocenters. The predicted octanol–water partition coefficient (Wildman–Crippen LogP) is 3.69. The van der Waals surface area contributed by atoms with Crippen molar-refractivity contribution in [1.82, 2.24) is 29.3 Å². The Kier molecular flexibility index (Phi) is 5.20. The molecule has 2 amide bonds. The van der Waals surface area contributed by atoms with Crippen molar-refractivity contribution >= 4 is 34.2 Å². The summed E-state index contributed by atoms with van der Waals surface area (Å²) in [6, 6.07) is 7.48. The average molecular weight is 488 g/mol. The van der Waals surface area contributed by atoms with Crippen LogP contribution in [0, 0.1) is 5.92 Å². The first-order valence-electron chi connectivity index (χ1n) is 12.3. The number of carbonyl (C=O) groups is 2. The summed E-state index contributed by atoms with van der Waals surface area (Å²) in [5.41, 5.74) is 1.83. The number of fused-ring (bicyclic) bond motifs is 2. The number of carbonyl (C=O) groups excluding carboxylic acids is 2. The molecule has 0 radical (unpaired) electrons. The second kappa shape index (κ2) is 8.32. The van der Waals surface area contributed by atoms with Crippen LogP contribution in [0.25, 0.3) is 16.6 Å². The number of benzene rings is 1. The fourth-order valence-corrected chi connectivity index (χ4v) is 6.09. The molecule has 6 rings (SSSR count). The number of anilines is 1. The number of ether oxygens (including phenoxy) is 1. The van der Waals surface area contributed by atoms with Crippen molar-refractivity contribution in [3.63, 3.8) is 0 Å². The van der Waals surface area contributed by atoms with Crippen molar-refractivity contribution in [3.05, 3.63) is 48.4 Å². The van der Waals surface area contributed by atoms with Crippen molar-refractivity contribution in [3.8, 4) is 5.75 Å². The molecule has 0 bridgehead atoms. The topological polar surface area (TPSA) is 107 Å². The van der Waals surface area contributed by atoms with E-state index in [1.54, 1.807) is 30.1 Å². The maximum atomic E-state index is 13.2. The van der Waals surface area contributed by atoms with Gasteiger partial charge in [0, 0.05) is 42.9 Å². The van der Waals surface area contributed by atoms with Gasteiger partial charge in [0.05, 0.1) is 30.4 Å². The average Bonchev–Trinajstić information content (AvgIpc) is 3.56. The summed E-state index contributed by atoms with van der Waals surface area (Å²) >= 11 is 0. The minimum atomic E-state index is -0.309. The summed E-state index contributed by atoms with van der Waals surface area (Å²) in [6.07, 6.45) is 9.74. The molecule has 1 aliphatic carbocycles. The number of hydrogen-bond acceptors (Lipinski definition) is 6. The number of methoxy groups -OCH3 is 1. The normalized spacial score (nSPS) is 24.2. The third-order valence-electron chi connectivity index (χ3n) is 8.10. The SMILES string of the molecule is COc1cc2nn([C@@H]3CC[C@@]4(CCC(=O)N4C)C[C@H]3C)cc2cc1C(=O)Nc1cnc2cccnn12. The maximum Gasteiger partial charge on any atom is 0.260 e. The minimum Gasteiger partial charge on any atom is -0.496 e. The first-order chi connectivity index (χ1) is 17.4. The smallest absolute Gasteiger partial charge is 0.260 e. The molecule has 36 heavy (non-hydrogen) atoms. The molecular formula is C26H29N7O3. The van der Waals surface area contributed by atoms with E-state index in [1.165, 1.54) is 0 Å². The largest absolute Gasteiger partial charge is 0.496 e. The number of rotatable bonds is 4. The van der Waals surface area contributed by atoms with Crippen LogP contribution < -0.4 is 10.1 Å². The monoisotopic (exact) mass is 487 g/mol. The van der Waals surface area contributed by atoms with E-state index >= 15 is 0 Å². The third-order valence-corrected chi connectivity index (χ3v) is 8.10. The number of amides is 2. The lowest BCUT2D eigenvalue weighted by atomic mass is 9.72. The standard InChI is InChI=1S/C26H29N7O3/c1-16-13-26(9-7-24(34)31(26)2)8-6-20(16)32-15-17-11-18(21(36-3)12-19(17)30-32)25(35)29-23-14-27-22-5-4-10-28-33(22)23/h4-5,10-12,14-16,20H,6-9,13H2,1-3H3,(H,29,35)/t16-,20-,26-/m1/s1. The minimum absolute atomic E-state index is 0.0131. The summed E-state index contributed by atoms with van der Waals surface area (Å²) < 4.78 is 9.17. The van der Waals surface area contributed by atoms with E-state index in [0.29, 0.717) is 35.1 Å². The van der Waals surface area contributed by atoms with Crippen LogP contribution in [-0.4, -0.2) is 60.8 Å². The van der Waals surface area contributed by atoms with Gasteiger partial charge in [-0.15, -0.1) is 0 Å². The number of nitrogens with one attached hydrogen (secondary N) is 1. The molecule has 1 aliphatic heterocycles. The second-order valence-corrected chi connectivity index (χ2v) is 10.1. The van der Waals surface area contributed by atoms with Gasteiger partial charge in [-0.2, -0.15) is 14.7 Å². The molecule has 186 valence electrons. The van der Waals surface area contributed by atoms with Crippen LogP contribution in [0.5, 0.6) is 5.75 Å². The summed E-state index contributed by atoms with van der Waals surface area (Å²) in [4.78, 5) is 31.7. The van der Waals surface area contributed by atoms with Gasteiger partial charge in [0.25, 0.3) is 5.91 Å². The number of imidazole rings is 1. The van der Waals surface area contributed by atoms with Crippen LogP contribution in [0.1, 0.15) is 55.4 Å². The lowest BCUT2D eigenvalue weighted by molar-refractivity contribution is -0.131. The van der Waals surface area contributed by atoms with Gasteiger partial charge in [-0.25, -0.2) is 4.98 Å². The number of nitrogens with zero attached hydrogens (tertiary/aromatic N) is 6. The number of hydrogen-bond donors (Lipinski definition) is 1. The Morgan fingerprint density at radius 1 is 1.28 bits per heavy atom. The van der Waals surface area contributed by atoms with Crippen molar-refractivity contribution in [2.24, 2.45) is 5.92 Å². The van der Waals surface area contributed by atoms with Crippen LogP contribution in [0.2, 0.25) is 0 Å². The lowest BCUT2D eigenvalue weighted by Gasteiger charge is -2.45. The van der Waals surface area contributed by atoms with Crippen LogP contribution in [0.4, 0.5) is 5.82 Å². The van der Waals surface area contributed by atoms with Crippen molar-refractivity contribution in [2.75, 3.05) is 19.5 Å². The van der Waals surface area contributed by atoms with E-state index in [0.717, 1.165) is 36.6 Å². The molecule has 10 nitrogen and oxygen atoms in total. The first-order valence-corrected chi connectivity index (χ1v) is 12.3. The van der Waals surface area contributed by atoms with Crippen LogP contribution in [0.3, 0.4) is 0 Å². The Hall–Kier alpha value is -3.95. The van der Waals surface area contributed by atoms with Crippen LogP contribution in [-0.2, 0) is 4.79 Å². The van der Waals surface area contributed by atoms with E-state index in [-0.39, 0.29) is 23.4 Å². The molecule has 10 heteroatoms. The first kappa shape index (κ1) is 22.5. The zero-order valence-corrected chi connectivity index (χ0v) is 20.6. The Morgan fingerprint density at radius 3 is 2.89 bits per heavy atom. The van der Waals surface area contributed by atoms with Gasteiger partial charge in [0.2, 0.25) is 5.91 Å². The predicted molar refractivity (Wildman–Crippen MR) is 134 cm³/mol. The van der Waals surface area contributed by atoms with E-state index < -0.39 is 0 Å². The summed E-state index contributed by atoms with van der Waals surface area (Å²) in [5.74, 6) is 1.25. The van der Waals surface area contributed by atoms with Crippen LogP contribution >= 0.6 is 0 Å².